The summed E-state index contributed by atoms with van der Waals surface area (Å²) < 4.78 is 40.6. The first-order valence-corrected chi connectivity index (χ1v) is 10.6. The number of hydrogen-bond donors (Lipinski definition) is 5. The molecule has 2 aromatic heterocycles. The zero-order valence-corrected chi connectivity index (χ0v) is 18.2. The zero-order valence-electron chi connectivity index (χ0n) is 17.3. The van der Waals surface area contributed by atoms with Gasteiger partial charge in [0.1, 0.15) is 22.3 Å². The lowest BCUT2D eigenvalue weighted by atomic mass is 10.2. The molecular formula is C20H19F3N6O4S. The number of aliphatic hydroxyl groups is 1. The maximum absolute atomic E-state index is 12.6. The van der Waals surface area contributed by atoms with Crippen molar-refractivity contribution in [3.63, 3.8) is 0 Å². The van der Waals surface area contributed by atoms with E-state index in [1.165, 1.54) is 23.8 Å². The lowest BCUT2D eigenvalue weighted by molar-refractivity contribution is -0.274. The number of amides is 3. The van der Waals surface area contributed by atoms with Crippen LogP contribution in [0.25, 0.3) is 0 Å². The molecule has 0 saturated heterocycles. The Bertz CT molecular complexity index is 1120. The predicted octanol–water partition coefficient (Wildman–Crippen LogP) is 3.41. The van der Waals surface area contributed by atoms with Crippen LogP contribution in [0.15, 0.2) is 48.1 Å². The van der Waals surface area contributed by atoms with Crippen molar-refractivity contribution in [2.45, 2.75) is 12.9 Å². The molecule has 0 radical (unpaired) electrons. The van der Waals surface area contributed by atoms with E-state index in [4.69, 9.17) is 5.11 Å². The Morgan fingerprint density at radius 1 is 1.09 bits per heavy atom. The Hall–Kier alpha value is -3.91. The summed E-state index contributed by atoms with van der Waals surface area (Å²) in [6, 6.07) is 7.58. The highest BCUT2D eigenvalue weighted by Gasteiger charge is 2.31. The number of hydrogen-bond acceptors (Lipinski definition) is 8. The summed E-state index contributed by atoms with van der Waals surface area (Å²) in [4.78, 5) is 32.7. The summed E-state index contributed by atoms with van der Waals surface area (Å²) in [7, 11) is 0. The van der Waals surface area contributed by atoms with E-state index in [0.29, 0.717) is 11.6 Å². The molecule has 3 amide bonds. The van der Waals surface area contributed by atoms with E-state index in [1.54, 1.807) is 12.1 Å². The molecule has 5 N–H and O–H groups in total. The molecule has 14 heteroatoms. The summed E-state index contributed by atoms with van der Waals surface area (Å²) in [5.74, 6) is -0.287. The predicted molar refractivity (Wildman–Crippen MR) is 119 cm³/mol. The number of ether oxygens (including phenoxy) is 1. The van der Waals surface area contributed by atoms with Gasteiger partial charge in [0.25, 0.3) is 5.91 Å². The van der Waals surface area contributed by atoms with E-state index in [0.717, 1.165) is 29.0 Å². The minimum atomic E-state index is -4.80. The second-order valence-electron chi connectivity index (χ2n) is 6.56. The quantitative estimate of drug-likeness (QED) is 0.306. The van der Waals surface area contributed by atoms with Crippen LogP contribution in [-0.4, -0.2) is 46.5 Å². The van der Waals surface area contributed by atoms with E-state index in [-0.39, 0.29) is 30.3 Å². The van der Waals surface area contributed by atoms with Crippen molar-refractivity contribution in [1.29, 1.82) is 0 Å². The van der Waals surface area contributed by atoms with E-state index < -0.39 is 24.1 Å². The fourth-order valence-electron chi connectivity index (χ4n) is 2.63. The van der Waals surface area contributed by atoms with Gasteiger partial charge in [-0.2, -0.15) is 0 Å². The lowest BCUT2D eigenvalue weighted by Crippen LogP contribution is -2.31. The molecule has 10 nitrogen and oxygen atoms in total. The summed E-state index contributed by atoms with van der Waals surface area (Å²) in [5, 5.41) is 19.3. The molecule has 0 atom stereocenters. The van der Waals surface area contributed by atoms with Gasteiger partial charge in [-0.15, -0.1) is 24.5 Å². The highest BCUT2D eigenvalue weighted by atomic mass is 32.1. The number of pyridine rings is 1. The lowest BCUT2D eigenvalue weighted by Gasteiger charge is -2.10. The molecule has 0 aliphatic carbocycles. The van der Waals surface area contributed by atoms with Crippen LogP contribution in [0.4, 0.5) is 35.3 Å². The molecular weight excluding hydrogens is 477 g/mol. The van der Waals surface area contributed by atoms with Gasteiger partial charge in [0, 0.05) is 25.0 Å². The van der Waals surface area contributed by atoms with Crippen LogP contribution in [0.2, 0.25) is 0 Å². The van der Waals surface area contributed by atoms with Crippen LogP contribution in [0.3, 0.4) is 0 Å². The smallest absolute Gasteiger partial charge is 0.406 e. The number of nitrogens with one attached hydrogen (secondary N) is 4. The number of benzene rings is 1. The Balaban J connectivity index is 1.58. The van der Waals surface area contributed by atoms with Gasteiger partial charge in [0.15, 0.2) is 0 Å². The number of carbonyl (C=O) groups excluding carboxylic acids is 2. The second kappa shape index (κ2) is 11.3. The molecule has 0 fully saturated rings. The normalized spacial score (nSPS) is 10.9. The van der Waals surface area contributed by atoms with Crippen molar-refractivity contribution < 1.29 is 32.6 Å². The van der Waals surface area contributed by atoms with Crippen molar-refractivity contribution in [3.05, 3.63) is 58.5 Å². The molecule has 3 rings (SSSR count). The monoisotopic (exact) mass is 496 g/mol. The number of rotatable bonds is 9. The average molecular weight is 496 g/mol. The van der Waals surface area contributed by atoms with Crippen LogP contribution >= 0.6 is 11.3 Å². The first kappa shape index (κ1) is 24.7. The molecule has 0 bridgehead atoms. The molecule has 2 heterocycles. The average Bonchev–Trinajstić information content (AvgIpc) is 3.26. The molecule has 0 aliphatic rings. The first-order chi connectivity index (χ1) is 16.2. The summed E-state index contributed by atoms with van der Waals surface area (Å²) in [6.07, 6.45) is -3.30. The van der Waals surface area contributed by atoms with Crippen LogP contribution < -0.4 is 26.0 Å². The fourth-order valence-corrected chi connectivity index (χ4v) is 3.29. The zero-order chi connectivity index (χ0) is 24.6. The molecule has 34 heavy (non-hydrogen) atoms. The number of halogens is 3. The number of thiazole rings is 1. The largest absolute Gasteiger partial charge is 0.573 e. The number of aromatic nitrogens is 2. The minimum Gasteiger partial charge on any atom is -0.406 e. The molecule has 3 aromatic rings. The minimum absolute atomic E-state index is 0.104. The van der Waals surface area contributed by atoms with E-state index >= 15 is 0 Å². The van der Waals surface area contributed by atoms with Gasteiger partial charge in [-0.3, -0.25) is 10.1 Å². The van der Waals surface area contributed by atoms with Gasteiger partial charge in [-0.1, -0.05) is 0 Å². The Morgan fingerprint density at radius 2 is 1.85 bits per heavy atom. The molecule has 0 aliphatic heterocycles. The third kappa shape index (κ3) is 7.60. The van der Waals surface area contributed by atoms with E-state index in [1.807, 2.05) is 0 Å². The molecule has 0 unspecified atom stereocenters. The molecule has 0 spiro atoms. The number of alkyl halides is 3. The van der Waals surface area contributed by atoms with Gasteiger partial charge >= 0.3 is 12.4 Å². The summed E-state index contributed by atoms with van der Waals surface area (Å²) in [5.41, 5.74) is 2.50. The number of urea groups is 1. The first-order valence-electron chi connectivity index (χ1n) is 9.68. The standard InChI is InChI=1S/C20H19F3N6O4S/c21-20(22,23)33-14-3-1-13(2-4-14)28-18(31)16-17(27-11-34-16)26-10-12-5-6-24-15(9-12)29-19(32)25-7-8-30/h1-6,9,11,26,30H,7-8,10H2,(H,28,31)(H2,24,25,29,32). The number of aliphatic hydroxyl groups excluding tert-OH is 1. The van der Waals surface area contributed by atoms with Crippen LogP contribution in [-0.2, 0) is 6.54 Å². The SMILES string of the molecule is O=C(NCCO)Nc1cc(CNc2ncsc2C(=O)Nc2ccc(OC(F)(F)F)cc2)ccn1. The van der Waals surface area contributed by atoms with Gasteiger partial charge in [0.2, 0.25) is 0 Å². The molecule has 0 saturated carbocycles. The number of carbonyl (C=O) groups is 2. The molecule has 1 aromatic carbocycles. The third-order valence-corrected chi connectivity index (χ3v) is 4.87. The summed E-state index contributed by atoms with van der Waals surface area (Å²) in [6.45, 7) is 0.183. The van der Waals surface area contributed by atoms with Crippen LogP contribution in [0.1, 0.15) is 15.2 Å². The fraction of sp³-hybridized carbons (Fsp3) is 0.200. The summed E-state index contributed by atoms with van der Waals surface area (Å²) >= 11 is 1.09. The Kier molecular flexibility index (Phi) is 8.21. The van der Waals surface area contributed by atoms with Crippen molar-refractivity contribution in [3.8, 4) is 5.75 Å². The van der Waals surface area contributed by atoms with Crippen molar-refractivity contribution in [1.82, 2.24) is 15.3 Å². The van der Waals surface area contributed by atoms with Crippen LogP contribution in [0, 0.1) is 0 Å². The molecule has 180 valence electrons. The third-order valence-electron chi connectivity index (χ3n) is 4.04. The highest BCUT2D eigenvalue weighted by molar-refractivity contribution is 7.12. The van der Waals surface area contributed by atoms with Crippen molar-refractivity contribution in [2.75, 3.05) is 29.1 Å². The van der Waals surface area contributed by atoms with Gasteiger partial charge in [0.05, 0.1) is 12.1 Å². The second-order valence-corrected chi connectivity index (χ2v) is 7.42. The van der Waals surface area contributed by atoms with Gasteiger partial charge in [-0.05, 0) is 42.0 Å². The maximum Gasteiger partial charge on any atom is 0.573 e. The number of anilines is 3. The van der Waals surface area contributed by atoms with Crippen molar-refractivity contribution in [2.24, 2.45) is 0 Å². The van der Waals surface area contributed by atoms with Crippen molar-refractivity contribution >= 4 is 40.6 Å². The Morgan fingerprint density at radius 3 is 2.56 bits per heavy atom. The number of nitrogens with zero attached hydrogens (tertiary/aromatic N) is 2. The Labute approximate surface area is 195 Å². The van der Waals surface area contributed by atoms with E-state index in [9.17, 15) is 22.8 Å². The van der Waals surface area contributed by atoms with Gasteiger partial charge < -0.3 is 25.8 Å². The van der Waals surface area contributed by atoms with E-state index in [2.05, 4.69) is 36.0 Å². The highest BCUT2D eigenvalue weighted by Crippen LogP contribution is 2.25. The van der Waals surface area contributed by atoms with Gasteiger partial charge in [-0.25, -0.2) is 14.8 Å². The van der Waals surface area contributed by atoms with Crippen LogP contribution in [0.5, 0.6) is 5.75 Å². The topological polar surface area (TPSA) is 138 Å². The maximum atomic E-state index is 12.6.